The molecule has 12 heavy (non-hydrogen) atoms. The van der Waals surface area contributed by atoms with E-state index in [1.165, 1.54) is 13.1 Å². The molecule has 0 aromatic carbocycles. The maximum Gasteiger partial charge on any atom is 0.0445 e. The molecule has 2 heteroatoms. The van der Waals surface area contributed by atoms with Gasteiger partial charge < -0.3 is 5.11 Å². The molecule has 1 aliphatic heterocycles. The highest BCUT2D eigenvalue weighted by Crippen LogP contribution is 2.25. The van der Waals surface area contributed by atoms with E-state index in [1.54, 1.807) is 0 Å². The van der Waals surface area contributed by atoms with Crippen molar-refractivity contribution in [3.8, 4) is 0 Å². The molecule has 0 saturated carbocycles. The van der Waals surface area contributed by atoms with Crippen LogP contribution in [0.5, 0.6) is 0 Å². The fourth-order valence-corrected chi connectivity index (χ4v) is 1.70. The van der Waals surface area contributed by atoms with Gasteiger partial charge >= 0.3 is 0 Å². The van der Waals surface area contributed by atoms with Crippen molar-refractivity contribution >= 4 is 0 Å². The van der Waals surface area contributed by atoms with E-state index in [9.17, 15) is 0 Å². The minimum absolute atomic E-state index is 0.323. The largest absolute Gasteiger partial charge is 0.396 e. The summed E-state index contributed by atoms with van der Waals surface area (Å²) in [6, 6.07) is 0.574. The van der Waals surface area contributed by atoms with Crippen LogP contribution in [0.4, 0.5) is 0 Å². The Morgan fingerprint density at radius 1 is 1.33 bits per heavy atom. The quantitative estimate of drug-likeness (QED) is 0.690. The zero-order chi connectivity index (χ0) is 9.14. The van der Waals surface area contributed by atoms with Gasteiger partial charge in [-0.25, -0.2) is 0 Å². The number of hydrogen-bond acceptors (Lipinski definition) is 2. The Kier molecular flexibility index (Phi) is 3.53. The molecule has 0 aliphatic carbocycles. The zero-order valence-corrected chi connectivity index (χ0v) is 8.45. The molecule has 1 aliphatic rings. The van der Waals surface area contributed by atoms with Crippen molar-refractivity contribution < 1.29 is 5.11 Å². The summed E-state index contributed by atoms with van der Waals surface area (Å²) in [5.74, 6) is 1.72. The summed E-state index contributed by atoms with van der Waals surface area (Å²) in [5.41, 5.74) is 0. The molecule has 1 atom stereocenters. The molecule has 1 saturated heterocycles. The lowest BCUT2D eigenvalue weighted by Crippen LogP contribution is -2.53. The van der Waals surface area contributed by atoms with Crippen molar-refractivity contribution in [1.82, 2.24) is 4.90 Å². The Balaban J connectivity index is 2.16. The Morgan fingerprint density at radius 2 is 1.92 bits per heavy atom. The Hall–Kier alpha value is -0.0800. The van der Waals surface area contributed by atoms with Crippen molar-refractivity contribution in [3.05, 3.63) is 0 Å². The summed E-state index contributed by atoms with van der Waals surface area (Å²) in [5, 5.41) is 8.75. The van der Waals surface area contributed by atoms with E-state index in [0.717, 1.165) is 18.3 Å². The van der Waals surface area contributed by atoms with Crippen molar-refractivity contribution in [2.45, 2.75) is 33.2 Å². The standard InChI is InChI=1S/C10H21NO/c1-8(2)10-6-11(7-10)9(3)4-5-12/h8-10,12H,4-7H2,1-3H3. The number of aliphatic hydroxyl groups excluding tert-OH is 1. The fraction of sp³-hybridized carbons (Fsp3) is 1.00. The van der Waals surface area contributed by atoms with Gasteiger partial charge in [-0.15, -0.1) is 0 Å². The van der Waals surface area contributed by atoms with Gasteiger partial charge in [0.15, 0.2) is 0 Å². The molecule has 0 bridgehead atoms. The van der Waals surface area contributed by atoms with Crippen LogP contribution in [0.2, 0.25) is 0 Å². The molecule has 0 aromatic heterocycles. The molecule has 2 nitrogen and oxygen atoms in total. The number of aliphatic hydroxyl groups is 1. The number of rotatable bonds is 4. The first-order valence-electron chi connectivity index (χ1n) is 5.00. The van der Waals surface area contributed by atoms with Gasteiger partial charge in [-0.2, -0.15) is 0 Å². The van der Waals surface area contributed by atoms with E-state index in [0.29, 0.717) is 12.6 Å². The molecule has 1 rings (SSSR count). The second-order valence-corrected chi connectivity index (χ2v) is 4.32. The van der Waals surface area contributed by atoms with Crippen LogP contribution in [-0.4, -0.2) is 35.7 Å². The minimum atomic E-state index is 0.323. The van der Waals surface area contributed by atoms with E-state index in [4.69, 9.17) is 5.11 Å². The molecular weight excluding hydrogens is 150 g/mol. The predicted octanol–water partition coefficient (Wildman–Crippen LogP) is 1.35. The van der Waals surface area contributed by atoms with Gasteiger partial charge in [-0.1, -0.05) is 13.8 Å². The van der Waals surface area contributed by atoms with Gasteiger partial charge in [0.1, 0.15) is 0 Å². The highest BCUT2D eigenvalue weighted by atomic mass is 16.3. The molecule has 0 amide bonds. The minimum Gasteiger partial charge on any atom is -0.396 e. The van der Waals surface area contributed by atoms with Gasteiger partial charge in [0.2, 0.25) is 0 Å². The molecular formula is C10H21NO. The van der Waals surface area contributed by atoms with E-state index in [2.05, 4.69) is 25.7 Å². The topological polar surface area (TPSA) is 23.5 Å². The second-order valence-electron chi connectivity index (χ2n) is 4.32. The second kappa shape index (κ2) is 4.24. The first kappa shape index (κ1) is 10.0. The Morgan fingerprint density at radius 3 is 2.33 bits per heavy atom. The third-order valence-electron chi connectivity index (χ3n) is 3.05. The predicted molar refractivity (Wildman–Crippen MR) is 51.1 cm³/mol. The Bertz CT molecular complexity index is 130. The van der Waals surface area contributed by atoms with Crippen LogP contribution < -0.4 is 0 Å². The van der Waals surface area contributed by atoms with Crippen LogP contribution in [0.25, 0.3) is 0 Å². The third-order valence-corrected chi connectivity index (χ3v) is 3.05. The van der Waals surface area contributed by atoms with Gasteiger partial charge in [0.05, 0.1) is 0 Å². The van der Waals surface area contributed by atoms with Crippen molar-refractivity contribution in [1.29, 1.82) is 0 Å². The van der Waals surface area contributed by atoms with Gasteiger partial charge in [0, 0.05) is 25.7 Å². The zero-order valence-electron chi connectivity index (χ0n) is 8.45. The lowest BCUT2D eigenvalue weighted by molar-refractivity contribution is 0.0253. The first-order valence-corrected chi connectivity index (χ1v) is 5.00. The normalized spacial score (nSPS) is 22.8. The smallest absolute Gasteiger partial charge is 0.0445 e. The van der Waals surface area contributed by atoms with Crippen LogP contribution in [0.3, 0.4) is 0 Å². The van der Waals surface area contributed by atoms with Crippen molar-refractivity contribution in [3.63, 3.8) is 0 Å². The van der Waals surface area contributed by atoms with Crippen molar-refractivity contribution in [2.24, 2.45) is 11.8 Å². The lowest BCUT2D eigenvalue weighted by atomic mass is 9.87. The van der Waals surface area contributed by atoms with Gasteiger partial charge in [0.25, 0.3) is 0 Å². The van der Waals surface area contributed by atoms with Crippen LogP contribution >= 0.6 is 0 Å². The molecule has 72 valence electrons. The molecule has 0 radical (unpaired) electrons. The number of likely N-dealkylation sites (tertiary alicyclic amines) is 1. The maximum atomic E-state index is 8.75. The summed E-state index contributed by atoms with van der Waals surface area (Å²) in [4.78, 5) is 2.46. The average molecular weight is 171 g/mol. The molecule has 0 spiro atoms. The van der Waals surface area contributed by atoms with Gasteiger partial charge in [-0.3, -0.25) is 4.90 Å². The average Bonchev–Trinajstić information content (AvgIpc) is 1.82. The number of hydrogen-bond donors (Lipinski definition) is 1. The summed E-state index contributed by atoms with van der Waals surface area (Å²) >= 11 is 0. The van der Waals surface area contributed by atoms with E-state index >= 15 is 0 Å². The summed E-state index contributed by atoms with van der Waals surface area (Å²) in [7, 11) is 0. The van der Waals surface area contributed by atoms with Crippen molar-refractivity contribution in [2.75, 3.05) is 19.7 Å². The molecule has 1 N–H and O–H groups in total. The monoisotopic (exact) mass is 171 g/mol. The molecule has 1 unspecified atom stereocenters. The summed E-state index contributed by atoms with van der Waals surface area (Å²) in [6.07, 6.45) is 0.921. The molecule has 1 heterocycles. The van der Waals surface area contributed by atoms with Crippen LogP contribution in [0.15, 0.2) is 0 Å². The summed E-state index contributed by atoms with van der Waals surface area (Å²) < 4.78 is 0. The first-order chi connectivity index (χ1) is 5.65. The van der Waals surface area contributed by atoms with Crippen LogP contribution in [0, 0.1) is 11.8 Å². The summed E-state index contributed by atoms with van der Waals surface area (Å²) in [6.45, 7) is 9.58. The highest BCUT2D eigenvalue weighted by Gasteiger charge is 2.31. The molecule has 1 fully saturated rings. The van der Waals surface area contributed by atoms with Gasteiger partial charge in [-0.05, 0) is 25.2 Å². The fourth-order valence-electron chi connectivity index (χ4n) is 1.70. The highest BCUT2D eigenvalue weighted by molar-refractivity contribution is 4.84. The van der Waals surface area contributed by atoms with Crippen LogP contribution in [0.1, 0.15) is 27.2 Å². The van der Waals surface area contributed by atoms with E-state index in [-0.39, 0.29) is 0 Å². The maximum absolute atomic E-state index is 8.75. The van der Waals surface area contributed by atoms with E-state index in [1.807, 2.05) is 0 Å². The van der Waals surface area contributed by atoms with Crippen LogP contribution in [-0.2, 0) is 0 Å². The Labute approximate surface area is 75.6 Å². The lowest BCUT2D eigenvalue weighted by Gasteiger charge is -2.45. The third kappa shape index (κ3) is 2.20. The molecule has 0 aromatic rings. The SMILES string of the molecule is CC(C)C1CN(C(C)CCO)C1. The number of nitrogens with zero attached hydrogens (tertiary/aromatic N) is 1. The van der Waals surface area contributed by atoms with E-state index < -0.39 is 0 Å².